The monoisotopic (exact) mass is 368 g/mol. The number of carbonyl (C=O) groups excluding carboxylic acids is 1. The number of amides is 1. The quantitative estimate of drug-likeness (QED) is 0.785. The third kappa shape index (κ3) is 4.76. The van der Waals surface area contributed by atoms with Crippen LogP contribution in [-0.4, -0.2) is 47.3 Å². The molecule has 0 radical (unpaired) electrons. The van der Waals surface area contributed by atoms with Crippen LogP contribution in [0, 0.1) is 5.92 Å². The molecule has 27 heavy (non-hydrogen) atoms. The molecule has 2 heterocycles. The first-order chi connectivity index (χ1) is 13.1. The predicted octanol–water partition coefficient (Wildman–Crippen LogP) is 2.38. The molecule has 0 saturated carbocycles. The fraction of sp³-hybridized carbons (Fsp3) is 0.476. The molecule has 2 aromatic rings. The van der Waals surface area contributed by atoms with E-state index in [9.17, 15) is 9.59 Å². The van der Waals surface area contributed by atoms with Gasteiger partial charge in [0.25, 0.3) is 5.56 Å². The molecule has 6 nitrogen and oxygen atoms in total. The third-order valence-corrected chi connectivity index (χ3v) is 5.10. The van der Waals surface area contributed by atoms with Gasteiger partial charge >= 0.3 is 0 Å². The van der Waals surface area contributed by atoms with Gasteiger partial charge in [-0.3, -0.25) is 9.59 Å². The van der Waals surface area contributed by atoms with Gasteiger partial charge in [0.05, 0.1) is 24.3 Å². The van der Waals surface area contributed by atoms with E-state index in [2.05, 4.69) is 16.9 Å². The summed E-state index contributed by atoms with van der Waals surface area (Å²) in [5.74, 6) is 0.189. The minimum atomic E-state index is -0.118. The summed E-state index contributed by atoms with van der Waals surface area (Å²) < 4.78 is 1.47. The Morgan fingerprint density at radius 1 is 1.30 bits per heavy atom. The van der Waals surface area contributed by atoms with Gasteiger partial charge in [0, 0.05) is 32.7 Å². The highest BCUT2D eigenvalue weighted by Crippen LogP contribution is 2.23. The highest BCUT2D eigenvalue weighted by molar-refractivity contribution is 5.79. The minimum Gasteiger partial charge on any atom is -0.369 e. The van der Waals surface area contributed by atoms with Crippen molar-refractivity contribution in [2.24, 2.45) is 5.92 Å². The minimum absolute atomic E-state index is 0.0120. The van der Waals surface area contributed by atoms with Crippen molar-refractivity contribution in [3.63, 3.8) is 0 Å². The van der Waals surface area contributed by atoms with Crippen LogP contribution in [0.5, 0.6) is 0 Å². The summed E-state index contributed by atoms with van der Waals surface area (Å²) in [7, 11) is 1.87. The number of nitrogens with zero attached hydrogens (tertiary/aromatic N) is 4. The average Bonchev–Trinajstić information content (AvgIpc) is 2.70. The molecule has 144 valence electrons. The zero-order valence-electron chi connectivity index (χ0n) is 16.2. The van der Waals surface area contributed by atoms with Gasteiger partial charge < -0.3 is 9.80 Å². The van der Waals surface area contributed by atoms with Gasteiger partial charge in [-0.2, -0.15) is 5.10 Å². The molecule has 0 spiro atoms. The SMILES string of the molecule is CCCN(C)C(=O)[C@H]1CCCN(c2cnn(Cc3ccccc3)c(=O)c2)C1. The molecule has 1 amide bonds. The van der Waals surface area contributed by atoms with Crippen molar-refractivity contribution in [1.82, 2.24) is 14.7 Å². The average molecular weight is 368 g/mol. The van der Waals surface area contributed by atoms with Crippen LogP contribution in [0.25, 0.3) is 0 Å². The number of benzene rings is 1. The van der Waals surface area contributed by atoms with Crippen molar-refractivity contribution in [3.05, 3.63) is 58.5 Å². The summed E-state index contributed by atoms with van der Waals surface area (Å²) in [6, 6.07) is 11.5. The van der Waals surface area contributed by atoms with Gasteiger partial charge in [0.15, 0.2) is 0 Å². The van der Waals surface area contributed by atoms with Crippen LogP contribution in [0.2, 0.25) is 0 Å². The van der Waals surface area contributed by atoms with E-state index in [1.165, 1.54) is 4.68 Å². The molecule has 1 fully saturated rings. The van der Waals surface area contributed by atoms with E-state index in [1.807, 2.05) is 42.3 Å². The van der Waals surface area contributed by atoms with Crippen molar-refractivity contribution in [3.8, 4) is 0 Å². The van der Waals surface area contributed by atoms with Crippen molar-refractivity contribution in [2.75, 3.05) is 31.6 Å². The molecular formula is C21H28N4O2. The van der Waals surface area contributed by atoms with E-state index >= 15 is 0 Å². The molecule has 0 aliphatic carbocycles. The Labute approximate surface area is 160 Å². The van der Waals surface area contributed by atoms with E-state index in [4.69, 9.17) is 0 Å². The number of rotatable bonds is 6. The van der Waals surface area contributed by atoms with Crippen LogP contribution >= 0.6 is 0 Å². The standard InChI is InChI=1S/C21H28N4O2/c1-3-11-23(2)21(27)18-10-7-12-24(16-18)19-13-20(26)25(22-14-19)15-17-8-5-4-6-9-17/h4-6,8-9,13-14,18H,3,7,10-12,15-16H2,1-2H3/t18-/m0/s1. The van der Waals surface area contributed by atoms with Gasteiger partial charge in [-0.25, -0.2) is 4.68 Å². The third-order valence-electron chi connectivity index (χ3n) is 5.10. The van der Waals surface area contributed by atoms with Crippen LogP contribution in [0.1, 0.15) is 31.7 Å². The summed E-state index contributed by atoms with van der Waals surface area (Å²) in [4.78, 5) is 29.0. The topological polar surface area (TPSA) is 58.4 Å². The first kappa shape index (κ1) is 19.1. The molecule has 6 heteroatoms. The highest BCUT2D eigenvalue weighted by Gasteiger charge is 2.28. The summed E-state index contributed by atoms with van der Waals surface area (Å²) in [5.41, 5.74) is 1.73. The lowest BCUT2D eigenvalue weighted by Gasteiger charge is -2.35. The van der Waals surface area contributed by atoms with Crippen molar-refractivity contribution in [1.29, 1.82) is 0 Å². The Kier molecular flexibility index (Phi) is 6.27. The van der Waals surface area contributed by atoms with Gasteiger partial charge in [-0.15, -0.1) is 0 Å². The first-order valence-electron chi connectivity index (χ1n) is 9.69. The summed E-state index contributed by atoms with van der Waals surface area (Å²) >= 11 is 0. The molecule has 0 unspecified atom stereocenters. The molecule has 1 saturated heterocycles. The predicted molar refractivity (Wildman–Crippen MR) is 107 cm³/mol. The normalized spacial score (nSPS) is 17.0. The number of hydrogen-bond acceptors (Lipinski definition) is 4. The second kappa shape index (κ2) is 8.84. The van der Waals surface area contributed by atoms with Gasteiger partial charge in [0.2, 0.25) is 5.91 Å². The van der Waals surface area contributed by atoms with E-state index in [1.54, 1.807) is 12.3 Å². The summed E-state index contributed by atoms with van der Waals surface area (Å²) in [6.45, 7) is 4.82. The fourth-order valence-electron chi connectivity index (χ4n) is 3.64. The van der Waals surface area contributed by atoms with Crippen molar-refractivity contribution < 1.29 is 4.79 Å². The second-order valence-corrected chi connectivity index (χ2v) is 7.24. The van der Waals surface area contributed by atoms with E-state index < -0.39 is 0 Å². The Hall–Kier alpha value is -2.63. The first-order valence-corrected chi connectivity index (χ1v) is 9.69. The Morgan fingerprint density at radius 2 is 2.07 bits per heavy atom. The number of anilines is 1. The summed E-state index contributed by atoms with van der Waals surface area (Å²) in [6.07, 6.45) is 4.56. The van der Waals surface area contributed by atoms with Crippen LogP contribution < -0.4 is 10.5 Å². The number of piperidine rings is 1. The molecule has 1 aliphatic rings. The van der Waals surface area contributed by atoms with Gasteiger partial charge in [-0.05, 0) is 24.8 Å². The van der Waals surface area contributed by atoms with Crippen LogP contribution in [0.15, 0.2) is 47.4 Å². The van der Waals surface area contributed by atoms with E-state index in [0.717, 1.165) is 43.6 Å². The summed E-state index contributed by atoms with van der Waals surface area (Å²) in [5, 5.41) is 4.35. The van der Waals surface area contributed by atoms with Crippen molar-refractivity contribution >= 4 is 11.6 Å². The molecular weight excluding hydrogens is 340 g/mol. The van der Waals surface area contributed by atoms with E-state index in [-0.39, 0.29) is 17.4 Å². The molecule has 0 bridgehead atoms. The lowest BCUT2D eigenvalue weighted by atomic mass is 9.96. The lowest BCUT2D eigenvalue weighted by molar-refractivity contribution is -0.134. The maximum atomic E-state index is 12.6. The van der Waals surface area contributed by atoms with Gasteiger partial charge in [-0.1, -0.05) is 37.3 Å². The maximum Gasteiger partial charge on any atom is 0.269 e. The fourth-order valence-corrected chi connectivity index (χ4v) is 3.64. The number of carbonyl (C=O) groups is 1. The van der Waals surface area contributed by atoms with Crippen LogP contribution in [-0.2, 0) is 11.3 Å². The molecule has 3 rings (SSSR count). The van der Waals surface area contributed by atoms with Crippen LogP contribution in [0.4, 0.5) is 5.69 Å². The van der Waals surface area contributed by atoms with Crippen LogP contribution in [0.3, 0.4) is 0 Å². The largest absolute Gasteiger partial charge is 0.369 e. The molecule has 1 aliphatic heterocycles. The zero-order chi connectivity index (χ0) is 19.2. The number of aromatic nitrogens is 2. The van der Waals surface area contributed by atoms with Gasteiger partial charge in [0.1, 0.15) is 0 Å². The molecule has 1 aromatic heterocycles. The number of hydrogen-bond donors (Lipinski definition) is 0. The van der Waals surface area contributed by atoms with E-state index in [0.29, 0.717) is 13.1 Å². The Balaban J connectivity index is 1.70. The Morgan fingerprint density at radius 3 is 2.78 bits per heavy atom. The zero-order valence-corrected chi connectivity index (χ0v) is 16.2. The Bertz CT molecular complexity index is 818. The second-order valence-electron chi connectivity index (χ2n) is 7.24. The molecule has 1 atom stereocenters. The molecule has 1 aromatic carbocycles. The highest BCUT2D eigenvalue weighted by atomic mass is 16.2. The smallest absolute Gasteiger partial charge is 0.269 e. The lowest BCUT2D eigenvalue weighted by Crippen LogP contribution is -2.44. The maximum absolute atomic E-state index is 12.6. The van der Waals surface area contributed by atoms with Crippen molar-refractivity contribution in [2.45, 2.75) is 32.7 Å². The molecule has 0 N–H and O–H groups in total.